The third-order valence-corrected chi connectivity index (χ3v) is 8.81. The molecule has 0 saturated carbocycles. The fourth-order valence-corrected chi connectivity index (χ4v) is 6.70. The molecule has 2 aliphatic heterocycles. The Labute approximate surface area is 234 Å². The lowest BCUT2D eigenvalue weighted by Gasteiger charge is -2.49. The number of nitrogens with one attached hydrogen (secondary N) is 2. The minimum Gasteiger partial charge on any atom is -0.478 e. The third-order valence-electron chi connectivity index (χ3n) is 5.49. The first-order valence-electron chi connectivity index (χ1n) is 11.0. The number of carbonyl (C=O) groups is 4. The van der Waals surface area contributed by atoms with Gasteiger partial charge in [-0.3, -0.25) is 18.7 Å². The zero-order valence-corrected chi connectivity index (χ0v) is 23.0. The first-order chi connectivity index (χ1) is 18.8. The molecule has 2 aromatic heterocycles. The summed E-state index contributed by atoms with van der Waals surface area (Å²) >= 11 is 1.94. The Bertz CT molecular complexity index is 1550. The van der Waals surface area contributed by atoms with Gasteiger partial charge in [0, 0.05) is 11.1 Å². The van der Waals surface area contributed by atoms with Crippen LogP contribution in [0.25, 0.3) is 0 Å². The number of H-pyrrole nitrogens is 1. The van der Waals surface area contributed by atoms with Crippen molar-refractivity contribution >= 4 is 68.5 Å². The molecule has 1 saturated heterocycles. The van der Waals surface area contributed by atoms with Crippen molar-refractivity contribution in [1.82, 2.24) is 30.4 Å². The van der Waals surface area contributed by atoms with Gasteiger partial charge in [0.25, 0.3) is 11.8 Å². The second-order valence-corrected chi connectivity index (χ2v) is 12.1. The fraction of sp³-hybridized carbons (Fsp3) is 0.350. The number of aromatic nitrogens is 4. The fourth-order valence-electron chi connectivity index (χ4n) is 3.50. The number of nitrogens with zero attached hydrogens (tertiary/aromatic N) is 5. The monoisotopic (exact) mass is 612 g/mol. The van der Waals surface area contributed by atoms with E-state index in [1.807, 2.05) is 0 Å². The molecule has 17 nitrogen and oxygen atoms in total. The average molecular weight is 613 g/mol. The highest BCUT2D eigenvalue weighted by Gasteiger charge is 2.57. The second kappa shape index (κ2) is 11.1. The van der Waals surface area contributed by atoms with Gasteiger partial charge in [-0.05, 0) is 19.4 Å². The Balaban J connectivity index is 1.57. The summed E-state index contributed by atoms with van der Waals surface area (Å²) in [6.07, 6.45) is 1.26. The zero-order chi connectivity index (χ0) is 29.4. The SMILES string of the molecule is CC(C)(ON=C(C(=O)NC1C(=O)N2C(C(=O)O)=C(CSc3cn[nH]c(=O)n3)CS(=O)[C@@H]12)c1csc(N)n1)C(=O)O. The Morgan fingerprint density at radius 3 is 2.67 bits per heavy atom. The lowest BCUT2D eigenvalue weighted by atomic mass is 10.0. The Kier molecular flexibility index (Phi) is 8.03. The van der Waals surface area contributed by atoms with Crippen molar-refractivity contribution in [2.75, 3.05) is 17.2 Å². The van der Waals surface area contributed by atoms with Gasteiger partial charge in [-0.2, -0.15) is 10.1 Å². The lowest BCUT2D eigenvalue weighted by molar-refractivity contribution is -0.161. The number of carboxylic acids is 2. The Morgan fingerprint density at radius 1 is 1.35 bits per heavy atom. The van der Waals surface area contributed by atoms with Gasteiger partial charge in [0.05, 0.1) is 22.7 Å². The number of carboxylic acid groups (broad SMARTS) is 2. The van der Waals surface area contributed by atoms with Crippen molar-refractivity contribution in [2.45, 2.75) is 35.9 Å². The predicted octanol–water partition coefficient (Wildman–Crippen LogP) is -1.67. The van der Waals surface area contributed by atoms with Crippen LogP contribution in [0.3, 0.4) is 0 Å². The van der Waals surface area contributed by atoms with Crippen LogP contribution in [0, 0.1) is 0 Å². The molecule has 0 spiro atoms. The maximum absolute atomic E-state index is 13.1. The summed E-state index contributed by atoms with van der Waals surface area (Å²) in [5.74, 6) is -4.95. The predicted molar refractivity (Wildman–Crippen MR) is 139 cm³/mol. The lowest BCUT2D eigenvalue weighted by Crippen LogP contribution is -2.74. The standard InChI is InChI=1S/C20H20N8O9S3/c1-20(2,17(33)34)37-27-10(8-5-39-18(21)23-8)13(29)25-11-14(30)28-12(16(31)32)7(6-40(36)15(11)28)4-38-9-3-22-26-19(35)24-9/h3,5,11,15H,4,6H2,1-2H3,(H2,21,23)(H,25,29)(H,31,32)(H,33,34)(H,24,26,35)/t11?,15-,40?/m0/s1. The number of fused-ring (bicyclic) bond motifs is 1. The van der Waals surface area contributed by atoms with E-state index in [1.54, 1.807) is 0 Å². The number of amides is 2. The van der Waals surface area contributed by atoms with Crippen molar-refractivity contribution in [3.63, 3.8) is 0 Å². The van der Waals surface area contributed by atoms with E-state index in [1.165, 1.54) is 25.4 Å². The van der Waals surface area contributed by atoms with E-state index in [2.05, 4.69) is 30.6 Å². The number of aromatic amines is 1. The number of anilines is 1. The molecule has 212 valence electrons. The molecule has 0 aromatic carbocycles. The molecule has 20 heteroatoms. The van der Waals surface area contributed by atoms with Gasteiger partial charge in [-0.15, -0.1) is 23.1 Å². The van der Waals surface area contributed by atoms with Crippen molar-refractivity contribution < 1.29 is 38.4 Å². The highest BCUT2D eigenvalue weighted by atomic mass is 32.2. The number of oxime groups is 1. The molecule has 2 aromatic rings. The molecular weight excluding hydrogens is 592 g/mol. The first-order valence-corrected chi connectivity index (χ1v) is 14.3. The summed E-state index contributed by atoms with van der Waals surface area (Å²) in [6.45, 7) is 2.39. The molecule has 2 aliphatic rings. The Morgan fingerprint density at radius 2 is 2.08 bits per heavy atom. The number of hydrogen-bond acceptors (Lipinski definition) is 14. The van der Waals surface area contributed by atoms with Gasteiger partial charge >= 0.3 is 17.6 Å². The van der Waals surface area contributed by atoms with Crippen molar-refractivity contribution in [2.24, 2.45) is 5.16 Å². The third kappa shape index (κ3) is 5.72. The van der Waals surface area contributed by atoms with Gasteiger partial charge in [0.2, 0.25) is 5.60 Å². The summed E-state index contributed by atoms with van der Waals surface area (Å²) in [5.41, 5.74) is 2.31. The largest absolute Gasteiger partial charge is 0.478 e. The van der Waals surface area contributed by atoms with Crippen LogP contribution in [-0.2, 0) is 34.8 Å². The molecular formula is C20H20N8O9S3. The summed E-state index contributed by atoms with van der Waals surface area (Å²) in [6, 6.07) is -1.39. The number of nitrogens with two attached hydrogens (primary N) is 1. The van der Waals surface area contributed by atoms with E-state index in [9.17, 15) is 38.4 Å². The number of nitrogen functional groups attached to an aromatic ring is 1. The van der Waals surface area contributed by atoms with Crippen LogP contribution in [-0.4, -0.2) is 97.5 Å². The van der Waals surface area contributed by atoms with E-state index in [0.29, 0.717) is 0 Å². The number of hydrogen-bond donors (Lipinski definition) is 5. The van der Waals surface area contributed by atoms with Crippen molar-refractivity contribution in [1.29, 1.82) is 0 Å². The van der Waals surface area contributed by atoms with Crippen molar-refractivity contribution in [3.05, 3.63) is 39.0 Å². The van der Waals surface area contributed by atoms with Crippen LogP contribution in [0.4, 0.5) is 5.13 Å². The van der Waals surface area contributed by atoms with Crippen LogP contribution in [0.15, 0.2) is 37.8 Å². The van der Waals surface area contributed by atoms with E-state index >= 15 is 0 Å². The maximum Gasteiger partial charge on any atom is 0.362 e. The van der Waals surface area contributed by atoms with Gasteiger partial charge in [0.1, 0.15) is 27.8 Å². The average Bonchev–Trinajstić information content (AvgIpc) is 3.31. The molecule has 40 heavy (non-hydrogen) atoms. The van der Waals surface area contributed by atoms with E-state index in [-0.39, 0.29) is 32.9 Å². The van der Waals surface area contributed by atoms with Gasteiger partial charge in [-0.1, -0.05) is 5.16 Å². The summed E-state index contributed by atoms with van der Waals surface area (Å²) < 4.78 is 13.1. The smallest absolute Gasteiger partial charge is 0.362 e. The number of aliphatic carboxylic acids is 2. The number of carbonyl (C=O) groups excluding carboxylic acids is 2. The molecule has 1 fully saturated rings. The number of rotatable bonds is 10. The molecule has 6 N–H and O–H groups in total. The van der Waals surface area contributed by atoms with Crippen LogP contribution in [0.5, 0.6) is 0 Å². The van der Waals surface area contributed by atoms with Crippen molar-refractivity contribution in [3.8, 4) is 0 Å². The summed E-state index contributed by atoms with van der Waals surface area (Å²) in [7, 11) is -1.83. The minimum atomic E-state index is -1.83. The molecule has 4 rings (SSSR count). The number of thioether (sulfide) groups is 1. The summed E-state index contributed by atoms with van der Waals surface area (Å²) in [4.78, 5) is 74.5. The topological polar surface area (TPSA) is 260 Å². The quantitative estimate of drug-likeness (QED) is 0.0870. The van der Waals surface area contributed by atoms with E-state index < -0.39 is 68.7 Å². The van der Waals surface area contributed by atoms with Gasteiger partial charge in [0.15, 0.2) is 10.8 Å². The zero-order valence-electron chi connectivity index (χ0n) is 20.5. The highest BCUT2D eigenvalue weighted by molar-refractivity contribution is 7.99. The van der Waals surface area contributed by atoms with Crippen LogP contribution >= 0.6 is 23.1 Å². The summed E-state index contributed by atoms with van der Waals surface area (Å²) in [5, 5.41) is 31.3. The van der Waals surface area contributed by atoms with Crippen LogP contribution < -0.4 is 16.7 Å². The van der Waals surface area contributed by atoms with E-state index in [4.69, 9.17) is 10.6 Å². The molecule has 2 amide bonds. The molecule has 3 atom stereocenters. The van der Waals surface area contributed by atoms with Crippen LogP contribution in [0.1, 0.15) is 19.5 Å². The van der Waals surface area contributed by atoms with Crippen LogP contribution in [0.2, 0.25) is 0 Å². The minimum absolute atomic E-state index is 0.0439. The Hall–Kier alpha value is -4.17. The van der Waals surface area contributed by atoms with E-state index in [0.717, 1.165) is 28.0 Å². The molecule has 0 radical (unpaired) electrons. The molecule has 4 heterocycles. The molecule has 2 unspecified atom stereocenters. The highest BCUT2D eigenvalue weighted by Crippen LogP contribution is 2.36. The normalized spacial score (nSPS) is 20.9. The number of thiazole rings is 1. The first kappa shape index (κ1) is 28.8. The van der Waals surface area contributed by atoms with Gasteiger partial charge in [-0.25, -0.2) is 24.5 Å². The number of β-lactam (4-membered cyclic amide) rings is 1. The molecule has 0 aliphatic carbocycles. The maximum atomic E-state index is 13.1. The second-order valence-electron chi connectivity index (χ2n) is 8.66. The molecule has 0 bridgehead atoms. The van der Waals surface area contributed by atoms with Gasteiger partial charge < -0.3 is 26.1 Å².